The summed E-state index contributed by atoms with van der Waals surface area (Å²) >= 11 is 0. The first-order valence-electron chi connectivity index (χ1n) is 5.46. The Labute approximate surface area is 97.0 Å². The average Bonchev–Trinajstić information content (AvgIpc) is 2.29. The van der Waals surface area contributed by atoms with Crippen molar-refractivity contribution in [2.75, 3.05) is 11.4 Å². The zero-order valence-corrected chi connectivity index (χ0v) is 9.13. The number of carbonyl (C=O) groups excluding carboxylic acids is 1. The van der Waals surface area contributed by atoms with Crippen LogP contribution in [0.5, 0.6) is 0 Å². The van der Waals surface area contributed by atoms with E-state index in [1.807, 2.05) is 0 Å². The van der Waals surface area contributed by atoms with Crippen molar-refractivity contribution in [1.82, 2.24) is 0 Å². The van der Waals surface area contributed by atoms with Crippen molar-refractivity contribution >= 4 is 11.6 Å². The summed E-state index contributed by atoms with van der Waals surface area (Å²) in [5, 5.41) is 0. The zero-order chi connectivity index (χ0) is 12.5. The monoisotopic (exact) mass is 243 g/mol. The maximum atomic E-state index is 12.5. The summed E-state index contributed by atoms with van der Waals surface area (Å²) in [7, 11) is 0. The van der Waals surface area contributed by atoms with Crippen molar-refractivity contribution in [3.05, 3.63) is 29.8 Å². The van der Waals surface area contributed by atoms with Gasteiger partial charge in [-0.3, -0.25) is 4.79 Å². The third-order valence-corrected chi connectivity index (χ3v) is 2.81. The number of nitrogens with zero attached hydrogens (tertiary/aromatic N) is 1. The summed E-state index contributed by atoms with van der Waals surface area (Å²) in [6, 6.07) is 4.92. The molecule has 0 aromatic heterocycles. The molecule has 0 unspecified atom stereocenters. The molecule has 0 aliphatic carbocycles. The van der Waals surface area contributed by atoms with Gasteiger partial charge in [-0.25, -0.2) is 0 Å². The van der Waals surface area contributed by atoms with Crippen molar-refractivity contribution in [3.8, 4) is 0 Å². The second kappa shape index (κ2) is 4.39. The molecule has 1 fully saturated rings. The van der Waals surface area contributed by atoms with Crippen LogP contribution in [0.15, 0.2) is 24.3 Å². The van der Waals surface area contributed by atoms with Crippen LogP contribution in [0.1, 0.15) is 24.8 Å². The predicted octanol–water partition coefficient (Wildman–Crippen LogP) is 3.22. The van der Waals surface area contributed by atoms with Crippen molar-refractivity contribution < 1.29 is 18.0 Å². The van der Waals surface area contributed by atoms with Crippen molar-refractivity contribution in [3.63, 3.8) is 0 Å². The number of alkyl halides is 3. The minimum Gasteiger partial charge on any atom is -0.312 e. The number of halogens is 3. The molecule has 0 saturated carbocycles. The Balaban J connectivity index is 2.29. The van der Waals surface area contributed by atoms with E-state index in [1.165, 1.54) is 11.0 Å². The normalized spacial score (nSPS) is 17.4. The van der Waals surface area contributed by atoms with E-state index < -0.39 is 11.7 Å². The largest absolute Gasteiger partial charge is 0.416 e. The van der Waals surface area contributed by atoms with E-state index in [0.717, 1.165) is 25.0 Å². The van der Waals surface area contributed by atoms with Crippen LogP contribution in [0.4, 0.5) is 18.9 Å². The van der Waals surface area contributed by atoms with Gasteiger partial charge < -0.3 is 4.90 Å². The fourth-order valence-electron chi connectivity index (χ4n) is 1.93. The Morgan fingerprint density at radius 3 is 2.59 bits per heavy atom. The minimum atomic E-state index is -4.37. The van der Waals surface area contributed by atoms with E-state index in [4.69, 9.17) is 0 Å². The number of benzene rings is 1. The molecule has 1 aromatic rings. The molecule has 0 radical (unpaired) electrons. The highest BCUT2D eigenvalue weighted by Gasteiger charge is 2.31. The van der Waals surface area contributed by atoms with Crippen LogP contribution in [0.2, 0.25) is 0 Å². The fourth-order valence-corrected chi connectivity index (χ4v) is 1.93. The van der Waals surface area contributed by atoms with Gasteiger partial charge in [0.15, 0.2) is 0 Å². The molecular formula is C12H12F3NO. The summed E-state index contributed by atoms with van der Waals surface area (Å²) in [5.74, 6) is -0.101. The lowest BCUT2D eigenvalue weighted by Crippen LogP contribution is -2.35. The topological polar surface area (TPSA) is 20.3 Å². The van der Waals surface area contributed by atoms with Crippen molar-refractivity contribution in [2.24, 2.45) is 0 Å². The molecular weight excluding hydrogens is 231 g/mol. The van der Waals surface area contributed by atoms with Gasteiger partial charge in [-0.1, -0.05) is 6.07 Å². The Kier molecular flexibility index (Phi) is 3.09. The van der Waals surface area contributed by atoms with Gasteiger partial charge in [0.2, 0.25) is 5.91 Å². The second-order valence-electron chi connectivity index (χ2n) is 4.05. The number of carbonyl (C=O) groups is 1. The lowest BCUT2D eigenvalue weighted by Gasteiger charge is -2.27. The van der Waals surface area contributed by atoms with Crippen LogP contribution >= 0.6 is 0 Å². The van der Waals surface area contributed by atoms with Gasteiger partial charge >= 0.3 is 6.18 Å². The van der Waals surface area contributed by atoms with Crippen molar-refractivity contribution in [2.45, 2.75) is 25.4 Å². The summed E-state index contributed by atoms with van der Waals surface area (Å²) in [6.07, 6.45) is -2.30. The van der Waals surface area contributed by atoms with E-state index in [0.29, 0.717) is 18.7 Å². The second-order valence-corrected chi connectivity index (χ2v) is 4.05. The molecule has 1 aliphatic rings. The molecule has 1 aliphatic heterocycles. The van der Waals surface area contributed by atoms with E-state index in [9.17, 15) is 18.0 Å². The van der Waals surface area contributed by atoms with Gasteiger partial charge in [-0.15, -0.1) is 0 Å². The number of anilines is 1. The zero-order valence-electron chi connectivity index (χ0n) is 9.13. The molecule has 2 rings (SSSR count). The molecule has 1 heterocycles. The molecule has 17 heavy (non-hydrogen) atoms. The number of hydrogen-bond acceptors (Lipinski definition) is 1. The predicted molar refractivity (Wildman–Crippen MR) is 57.6 cm³/mol. The van der Waals surface area contributed by atoms with Gasteiger partial charge in [0, 0.05) is 18.7 Å². The first-order chi connectivity index (χ1) is 7.98. The van der Waals surface area contributed by atoms with E-state index in [2.05, 4.69) is 0 Å². The lowest BCUT2D eigenvalue weighted by molar-refractivity contribution is -0.137. The number of piperidine rings is 1. The molecule has 1 saturated heterocycles. The molecule has 0 N–H and O–H groups in total. The Morgan fingerprint density at radius 1 is 1.18 bits per heavy atom. The molecule has 0 atom stereocenters. The highest BCUT2D eigenvalue weighted by Crippen LogP contribution is 2.32. The van der Waals surface area contributed by atoms with Crippen LogP contribution < -0.4 is 4.90 Å². The summed E-state index contributed by atoms with van der Waals surface area (Å²) in [5.41, 5.74) is -0.377. The van der Waals surface area contributed by atoms with Gasteiger partial charge in [0.05, 0.1) is 5.56 Å². The van der Waals surface area contributed by atoms with Crippen LogP contribution in [0.25, 0.3) is 0 Å². The highest BCUT2D eigenvalue weighted by molar-refractivity contribution is 5.94. The number of amides is 1. The Hall–Kier alpha value is -1.52. The number of hydrogen-bond donors (Lipinski definition) is 0. The van der Waals surface area contributed by atoms with Gasteiger partial charge in [-0.05, 0) is 31.0 Å². The molecule has 2 nitrogen and oxygen atoms in total. The molecule has 1 amide bonds. The van der Waals surface area contributed by atoms with Crippen molar-refractivity contribution in [1.29, 1.82) is 0 Å². The SMILES string of the molecule is O=C1CCCCN1c1cccc(C(F)(F)F)c1. The maximum absolute atomic E-state index is 12.5. The highest BCUT2D eigenvalue weighted by atomic mass is 19.4. The van der Waals surface area contributed by atoms with Gasteiger partial charge in [0.1, 0.15) is 0 Å². The molecule has 0 bridgehead atoms. The molecule has 1 aromatic carbocycles. The quantitative estimate of drug-likeness (QED) is 0.741. The molecule has 92 valence electrons. The summed E-state index contributed by atoms with van der Waals surface area (Å²) in [4.78, 5) is 13.0. The number of rotatable bonds is 1. The molecule has 0 spiro atoms. The standard InChI is InChI=1S/C12H12F3NO/c13-12(14,15)9-4-3-5-10(8-9)16-7-2-1-6-11(16)17/h3-5,8H,1-2,6-7H2. The Morgan fingerprint density at radius 2 is 1.94 bits per heavy atom. The van der Waals surface area contributed by atoms with Gasteiger partial charge in [-0.2, -0.15) is 13.2 Å². The van der Waals surface area contributed by atoms with E-state index >= 15 is 0 Å². The fraction of sp³-hybridized carbons (Fsp3) is 0.417. The maximum Gasteiger partial charge on any atom is 0.416 e. The van der Waals surface area contributed by atoms with Crippen LogP contribution in [-0.4, -0.2) is 12.5 Å². The van der Waals surface area contributed by atoms with Crippen LogP contribution in [-0.2, 0) is 11.0 Å². The third-order valence-electron chi connectivity index (χ3n) is 2.81. The first-order valence-corrected chi connectivity index (χ1v) is 5.46. The smallest absolute Gasteiger partial charge is 0.312 e. The van der Waals surface area contributed by atoms with Crippen LogP contribution in [0.3, 0.4) is 0 Å². The molecule has 5 heteroatoms. The Bertz CT molecular complexity index is 428. The summed E-state index contributed by atoms with van der Waals surface area (Å²) < 4.78 is 37.6. The summed E-state index contributed by atoms with van der Waals surface area (Å²) in [6.45, 7) is 0.500. The third kappa shape index (κ3) is 2.60. The average molecular weight is 243 g/mol. The van der Waals surface area contributed by atoms with Gasteiger partial charge in [0.25, 0.3) is 0 Å². The van der Waals surface area contributed by atoms with E-state index in [1.54, 1.807) is 6.07 Å². The first kappa shape index (κ1) is 12.0. The lowest BCUT2D eigenvalue weighted by atomic mass is 10.1. The van der Waals surface area contributed by atoms with E-state index in [-0.39, 0.29) is 5.91 Å². The van der Waals surface area contributed by atoms with Crippen LogP contribution in [0, 0.1) is 0 Å². The minimum absolute atomic E-state index is 0.101.